The summed E-state index contributed by atoms with van der Waals surface area (Å²) in [5.74, 6) is 2.98. The highest BCUT2D eigenvalue weighted by molar-refractivity contribution is 5.03. The SMILES string of the molecule is CC1(C)C2CCC(CNCCNC3CCCCCCC3)C1C2. The minimum absolute atomic E-state index is 0.641. The summed E-state index contributed by atoms with van der Waals surface area (Å²) in [7, 11) is 0. The van der Waals surface area contributed by atoms with Gasteiger partial charge in [0.2, 0.25) is 0 Å². The summed E-state index contributed by atoms with van der Waals surface area (Å²) in [4.78, 5) is 0. The van der Waals surface area contributed by atoms with Gasteiger partial charge in [-0.1, -0.05) is 46.0 Å². The van der Waals surface area contributed by atoms with Gasteiger partial charge in [0.1, 0.15) is 0 Å². The molecule has 2 nitrogen and oxygen atoms in total. The Balaban J connectivity index is 1.27. The molecule has 2 bridgehead atoms. The highest BCUT2D eigenvalue weighted by Crippen LogP contribution is 2.61. The first-order valence-corrected chi connectivity index (χ1v) is 10.1. The zero-order valence-electron chi connectivity index (χ0n) is 15.0. The third-order valence-corrected chi connectivity index (χ3v) is 7.25. The van der Waals surface area contributed by atoms with Gasteiger partial charge in [0.05, 0.1) is 0 Å². The van der Waals surface area contributed by atoms with Crippen LogP contribution in [-0.4, -0.2) is 25.7 Å². The van der Waals surface area contributed by atoms with E-state index in [2.05, 4.69) is 24.5 Å². The fourth-order valence-electron chi connectivity index (χ4n) is 5.52. The summed E-state index contributed by atoms with van der Waals surface area (Å²) in [6.45, 7) is 8.59. The minimum Gasteiger partial charge on any atom is -0.315 e. The van der Waals surface area contributed by atoms with Crippen molar-refractivity contribution in [1.29, 1.82) is 0 Å². The summed E-state index contributed by atoms with van der Waals surface area (Å²) < 4.78 is 0. The van der Waals surface area contributed by atoms with E-state index in [-0.39, 0.29) is 0 Å². The Morgan fingerprint density at radius 3 is 2.27 bits per heavy atom. The molecule has 4 aliphatic rings. The lowest BCUT2D eigenvalue weighted by Gasteiger charge is -2.60. The van der Waals surface area contributed by atoms with Crippen molar-refractivity contribution in [3.8, 4) is 0 Å². The van der Waals surface area contributed by atoms with Gasteiger partial charge >= 0.3 is 0 Å². The van der Waals surface area contributed by atoms with E-state index in [9.17, 15) is 0 Å². The van der Waals surface area contributed by atoms with Crippen LogP contribution in [0, 0.1) is 23.2 Å². The maximum atomic E-state index is 3.80. The quantitative estimate of drug-likeness (QED) is 0.713. The second-order valence-corrected chi connectivity index (χ2v) is 8.90. The van der Waals surface area contributed by atoms with Crippen molar-refractivity contribution >= 4 is 0 Å². The lowest BCUT2D eigenvalue weighted by atomic mass is 9.45. The van der Waals surface area contributed by atoms with Crippen LogP contribution >= 0.6 is 0 Å². The van der Waals surface area contributed by atoms with E-state index in [1.165, 1.54) is 70.8 Å². The summed E-state index contributed by atoms with van der Waals surface area (Å²) in [5.41, 5.74) is 0.641. The predicted molar refractivity (Wildman–Crippen MR) is 95.1 cm³/mol. The molecule has 0 radical (unpaired) electrons. The van der Waals surface area contributed by atoms with E-state index in [0.29, 0.717) is 5.41 Å². The fraction of sp³-hybridized carbons (Fsp3) is 1.00. The van der Waals surface area contributed by atoms with Crippen LogP contribution in [-0.2, 0) is 0 Å². The predicted octanol–water partition coefficient (Wildman–Crippen LogP) is 4.35. The third-order valence-electron chi connectivity index (χ3n) is 7.25. The van der Waals surface area contributed by atoms with Crippen molar-refractivity contribution in [3.63, 3.8) is 0 Å². The first kappa shape index (κ1) is 16.8. The van der Waals surface area contributed by atoms with Gasteiger partial charge in [0.25, 0.3) is 0 Å². The summed E-state index contributed by atoms with van der Waals surface area (Å²) in [5, 5.41) is 7.55. The van der Waals surface area contributed by atoms with Crippen molar-refractivity contribution in [3.05, 3.63) is 0 Å². The van der Waals surface area contributed by atoms with Gasteiger partial charge in [-0.25, -0.2) is 0 Å². The lowest BCUT2D eigenvalue weighted by molar-refractivity contribution is -0.103. The molecule has 0 aromatic heterocycles. The van der Waals surface area contributed by atoms with Crippen LogP contribution in [0.2, 0.25) is 0 Å². The van der Waals surface area contributed by atoms with Gasteiger partial charge in [-0.2, -0.15) is 0 Å². The molecular weight excluding hydrogens is 268 g/mol. The third kappa shape index (κ3) is 3.87. The molecule has 0 aliphatic heterocycles. The zero-order valence-corrected chi connectivity index (χ0v) is 15.0. The van der Waals surface area contributed by atoms with Gasteiger partial charge in [-0.15, -0.1) is 0 Å². The van der Waals surface area contributed by atoms with Gasteiger partial charge in [0, 0.05) is 19.1 Å². The summed E-state index contributed by atoms with van der Waals surface area (Å²) in [6.07, 6.45) is 14.5. The van der Waals surface area contributed by atoms with Gasteiger partial charge in [0.15, 0.2) is 0 Å². The van der Waals surface area contributed by atoms with Crippen LogP contribution in [0.15, 0.2) is 0 Å². The molecule has 4 saturated carbocycles. The standard InChI is InChI=1S/C20H38N2/c1-20(2)17-11-10-16(19(20)14-17)15-21-12-13-22-18-8-6-4-3-5-7-9-18/h16-19,21-22H,3-15H2,1-2H3. The lowest BCUT2D eigenvalue weighted by Crippen LogP contribution is -2.54. The smallest absolute Gasteiger partial charge is 0.00793 e. The fourth-order valence-corrected chi connectivity index (χ4v) is 5.52. The molecule has 0 aromatic carbocycles. The largest absolute Gasteiger partial charge is 0.315 e. The molecular formula is C20H38N2. The van der Waals surface area contributed by atoms with E-state index < -0.39 is 0 Å². The maximum Gasteiger partial charge on any atom is 0.00793 e. The van der Waals surface area contributed by atoms with Crippen LogP contribution in [0.4, 0.5) is 0 Å². The molecule has 0 amide bonds. The normalized spacial score (nSPS) is 35.5. The minimum atomic E-state index is 0.641. The molecule has 4 aliphatic carbocycles. The first-order chi connectivity index (χ1) is 10.7. The van der Waals surface area contributed by atoms with Gasteiger partial charge in [-0.3, -0.25) is 0 Å². The number of hydrogen-bond donors (Lipinski definition) is 2. The molecule has 0 heterocycles. The number of hydrogen-bond acceptors (Lipinski definition) is 2. The van der Waals surface area contributed by atoms with Crippen molar-refractivity contribution in [1.82, 2.24) is 10.6 Å². The van der Waals surface area contributed by atoms with Crippen LogP contribution in [0.3, 0.4) is 0 Å². The molecule has 0 spiro atoms. The number of rotatable bonds is 6. The Morgan fingerprint density at radius 1 is 0.864 bits per heavy atom. The monoisotopic (exact) mass is 306 g/mol. The molecule has 22 heavy (non-hydrogen) atoms. The highest BCUT2D eigenvalue weighted by atomic mass is 15.0. The van der Waals surface area contributed by atoms with Crippen molar-refractivity contribution in [2.24, 2.45) is 23.2 Å². The topological polar surface area (TPSA) is 24.1 Å². The Kier molecular flexibility index (Phi) is 5.84. The van der Waals surface area contributed by atoms with E-state index in [1.807, 2.05) is 0 Å². The second-order valence-electron chi connectivity index (χ2n) is 8.90. The van der Waals surface area contributed by atoms with Crippen molar-refractivity contribution in [2.75, 3.05) is 19.6 Å². The molecule has 128 valence electrons. The number of fused-ring (bicyclic) bond motifs is 2. The Morgan fingerprint density at radius 2 is 1.59 bits per heavy atom. The Labute approximate surface area is 138 Å². The maximum absolute atomic E-state index is 3.80. The zero-order chi connectivity index (χ0) is 15.4. The van der Waals surface area contributed by atoms with Crippen molar-refractivity contribution < 1.29 is 0 Å². The van der Waals surface area contributed by atoms with Crippen molar-refractivity contribution in [2.45, 2.75) is 84.1 Å². The highest BCUT2D eigenvalue weighted by Gasteiger charge is 2.53. The molecule has 2 N–H and O–H groups in total. The molecule has 0 saturated heterocycles. The first-order valence-electron chi connectivity index (χ1n) is 10.1. The van der Waals surface area contributed by atoms with Crippen LogP contribution < -0.4 is 10.6 Å². The molecule has 2 heteroatoms. The molecule has 4 rings (SSSR count). The summed E-state index contributed by atoms with van der Waals surface area (Å²) in [6, 6.07) is 0.795. The molecule has 4 fully saturated rings. The average molecular weight is 307 g/mol. The van der Waals surface area contributed by atoms with E-state index in [1.54, 1.807) is 0 Å². The molecule has 3 unspecified atom stereocenters. The Bertz CT molecular complexity index is 329. The van der Waals surface area contributed by atoms with Crippen LogP contribution in [0.1, 0.15) is 78.1 Å². The summed E-state index contributed by atoms with van der Waals surface area (Å²) >= 11 is 0. The van der Waals surface area contributed by atoms with Crippen LogP contribution in [0.25, 0.3) is 0 Å². The molecule has 0 aromatic rings. The second kappa shape index (κ2) is 7.66. The molecule has 3 atom stereocenters. The van der Waals surface area contributed by atoms with E-state index in [4.69, 9.17) is 0 Å². The van der Waals surface area contributed by atoms with Gasteiger partial charge < -0.3 is 10.6 Å². The Hall–Kier alpha value is -0.0800. The number of nitrogens with one attached hydrogen (secondary N) is 2. The van der Waals surface area contributed by atoms with E-state index in [0.717, 1.165) is 36.9 Å². The van der Waals surface area contributed by atoms with E-state index >= 15 is 0 Å². The van der Waals surface area contributed by atoms with Crippen LogP contribution in [0.5, 0.6) is 0 Å². The van der Waals surface area contributed by atoms with Gasteiger partial charge in [-0.05, 0) is 61.8 Å². The average Bonchev–Trinajstić information content (AvgIpc) is 2.48.